The second-order valence-electron chi connectivity index (χ2n) is 4.14. The summed E-state index contributed by atoms with van der Waals surface area (Å²) in [4.78, 5) is 32.7. The van der Waals surface area contributed by atoms with Gasteiger partial charge in [-0.15, -0.1) is 0 Å². The van der Waals surface area contributed by atoms with Gasteiger partial charge in [-0.3, -0.25) is 19.7 Å². The number of nitrogens with two attached hydrogens (primary N) is 1. The van der Waals surface area contributed by atoms with Gasteiger partial charge in [0.15, 0.2) is 5.78 Å². The number of carboxylic acid groups (broad SMARTS) is 1. The van der Waals surface area contributed by atoms with Crippen LogP contribution in [-0.2, 0) is 10.1 Å². The number of carbonyl (C=O) groups is 2. The van der Waals surface area contributed by atoms with Gasteiger partial charge in [0.1, 0.15) is 0 Å². The topological polar surface area (TPSA) is 124 Å². The van der Waals surface area contributed by atoms with Crippen LogP contribution in [0.2, 0.25) is 0 Å². The van der Waals surface area contributed by atoms with E-state index in [1.54, 1.807) is 0 Å². The van der Waals surface area contributed by atoms with Crippen molar-refractivity contribution >= 4 is 33.4 Å². The Kier molecular flexibility index (Phi) is 5.78. The summed E-state index contributed by atoms with van der Waals surface area (Å²) in [5, 5.41) is 19.7. The number of ketones is 1. The second-order valence-corrected chi connectivity index (χ2v) is 4.70. The summed E-state index contributed by atoms with van der Waals surface area (Å²) in [5.74, 6) is -1.55. The Bertz CT molecular complexity index is 547. The van der Waals surface area contributed by atoms with Crippen molar-refractivity contribution in [1.82, 2.24) is 0 Å². The van der Waals surface area contributed by atoms with Crippen LogP contribution in [0.3, 0.4) is 0 Å². The summed E-state index contributed by atoms with van der Waals surface area (Å²) >= 11 is 3.13. The quantitative estimate of drug-likeness (QED) is 0.336. The predicted octanol–water partition coefficient (Wildman–Crippen LogP) is 1.86. The Morgan fingerprint density at radius 3 is 2.60 bits per heavy atom. The van der Waals surface area contributed by atoms with Crippen LogP contribution in [0.4, 0.5) is 5.69 Å². The van der Waals surface area contributed by atoms with E-state index in [0.717, 1.165) is 0 Å². The molecular formula is C12H13BrN2O5. The Hall–Kier alpha value is -1.80. The third-order valence-corrected chi connectivity index (χ3v) is 3.32. The van der Waals surface area contributed by atoms with E-state index in [2.05, 4.69) is 15.9 Å². The summed E-state index contributed by atoms with van der Waals surface area (Å²) < 4.78 is 0. The minimum atomic E-state index is -1.05. The molecule has 0 amide bonds. The number of carbonyl (C=O) groups excluding carboxylic acids is 1. The lowest BCUT2D eigenvalue weighted by Crippen LogP contribution is -2.31. The third-order valence-electron chi connectivity index (χ3n) is 2.72. The van der Waals surface area contributed by atoms with Gasteiger partial charge in [0, 0.05) is 28.9 Å². The zero-order chi connectivity index (χ0) is 15.3. The average Bonchev–Trinajstić information content (AvgIpc) is 2.42. The van der Waals surface area contributed by atoms with E-state index in [-0.39, 0.29) is 24.1 Å². The summed E-state index contributed by atoms with van der Waals surface area (Å²) in [7, 11) is 0. The number of rotatable bonds is 7. The van der Waals surface area contributed by atoms with E-state index in [9.17, 15) is 19.7 Å². The van der Waals surface area contributed by atoms with Crippen molar-refractivity contribution in [2.75, 3.05) is 0 Å². The molecule has 0 saturated heterocycles. The molecule has 0 saturated carbocycles. The van der Waals surface area contributed by atoms with Crippen LogP contribution in [-0.4, -0.2) is 27.8 Å². The lowest BCUT2D eigenvalue weighted by atomic mass is 9.99. The number of aliphatic carboxylic acids is 1. The van der Waals surface area contributed by atoms with E-state index in [1.807, 2.05) is 0 Å². The summed E-state index contributed by atoms with van der Waals surface area (Å²) in [6, 6.07) is 3.11. The largest absolute Gasteiger partial charge is 0.481 e. The molecule has 1 atom stereocenters. The standard InChI is InChI=1S/C12H13BrN2O5/c13-6-8-2-1-7(5-10(8)15(19)20)12(18)9(14)3-4-11(16)17/h1-2,5,9H,3-4,6,14H2,(H,16,17). The van der Waals surface area contributed by atoms with Gasteiger partial charge in [0.2, 0.25) is 0 Å². The Morgan fingerprint density at radius 2 is 2.10 bits per heavy atom. The number of hydrogen-bond donors (Lipinski definition) is 2. The number of Topliss-reactive ketones (excluding diaryl/α,β-unsaturated/α-hetero) is 1. The maximum absolute atomic E-state index is 12.0. The molecule has 108 valence electrons. The smallest absolute Gasteiger partial charge is 0.303 e. The highest BCUT2D eigenvalue weighted by Gasteiger charge is 2.21. The lowest BCUT2D eigenvalue weighted by Gasteiger charge is -2.09. The van der Waals surface area contributed by atoms with Crippen molar-refractivity contribution in [2.24, 2.45) is 5.73 Å². The van der Waals surface area contributed by atoms with Crippen LogP contribution in [0.5, 0.6) is 0 Å². The highest BCUT2D eigenvalue weighted by atomic mass is 79.9. The number of benzene rings is 1. The number of nitro benzene ring substituents is 1. The van der Waals surface area contributed by atoms with Gasteiger partial charge in [-0.05, 0) is 6.42 Å². The Labute approximate surface area is 123 Å². The fourth-order valence-electron chi connectivity index (χ4n) is 1.62. The number of nitro groups is 1. The van der Waals surface area contributed by atoms with Crippen molar-refractivity contribution in [3.05, 3.63) is 39.4 Å². The van der Waals surface area contributed by atoms with Crippen molar-refractivity contribution in [3.63, 3.8) is 0 Å². The predicted molar refractivity (Wildman–Crippen MR) is 74.9 cm³/mol. The van der Waals surface area contributed by atoms with E-state index >= 15 is 0 Å². The van der Waals surface area contributed by atoms with Crippen LogP contribution < -0.4 is 5.73 Å². The molecule has 0 fully saturated rings. The summed E-state index contributed by atoms with van der Waals surface area (Å²) in [6.07, 6.45) is -0.239. The lowest BCUT2D eigenvalue weighted by molar-refractivity contribution is -0.385. The SMILES string of the molecule is NC(CCC(=O)O)C(=O)c1ccc(CBr)c([N+](=O)[O-])c1. The van der Waals surface area contributed by atoms with Crippen LogP contribution in [0.15, 0.2) is 18.2 Å². The van der Waals surface area contributed by atoms with E-state index in [0.29, 0.717) is 10.9 Å². The molecule has 0 bridgehead atoms. The fraction of sp³-hybridized carbons (Fsp3) is 0.333. The molecule has 1 rings (SSSR count). The van der Waals surface area contributed by atoms with Crippen LogP contribution >= 0.6 is 15.9 Å². The molecule has 0 radical (unpaired) electrons. The van der Waals surface area contributed by atoms with E-state index < -0.39 is 22.7 Å². The minimum absolute atomic E-state index is 0.0117. The maximum atomic E-state index is 12.0. The van der Waals surface area contributed by atoms with Crippen molar-refractivity contribution in [1.29, 1.82) is 0 Å². The Morgan fingerprint density at radius 1 is 1.45 bits per heavy atom. The number of halogens is 1. The van der Waals surface area contributed by atoms with Crippen LogP contribution in [0, 0.1) is 10.1 Å². The van der Waals surface area contributed by atoms with Crippen LogP contribution in [0.1, 0.15) is 28.8 Å². The fourth-order valence-corrected chi connectivity index (χ4v) is 2.10. The molecule has 7 nitrogen and oxygen atoms in total. The summed E-state index contributed by atoms with van der Waals surface area (Å²) in [5.41, 5.74) is 5.99. The second kappa shape index (κ2) is 7.11. The first-order chi connectivity index (χ1) is 9.36. The molecule has 0 aliphatic carbocycles. The average molecular weight is 345 g/mol. The monoisotopic (exact) mass is 344 g/mol. The molecular weight excluding hydrogens is 332 g/mol. The number of nitrogens with zero attached hydrogens (tertiary/aromatic N) is 1. The highest BCUT2D eigenvalue weighted by molar-refractivity contribution is 9.08. The van der Waals surface area contributed by atoms with Gasteiger partial charge in [-0.2, -0.15) is 0 Å². The Balaban J connectivity index is 2.96. The van der Waals surface area contributed by atoms with Gasteiger partial charge in [-0.1, -0.05) is 28.1 Å². The molecule has 3 N–H and O–H groups in total. The number of carboxylic acids is 1. The first-order valence-corrected chi connectivity index (χ1v) is 6.83. The maximum Gasteiger partial charge on any atom is 0.303 e. The molecule has 1 aromatic carbocycles. The van der Waals surface area contributed by atoms with E-state index in [1.165, 1.54) is 18.2 Å². The number of alkyl halides is 1. The zero-order valence-electron chi connectivity index (χ0n) is 10.4. The third kappa shape index (κ3) is 4.10. The van der Waals surface area contributed by atoms with E-state index in [4.69, 9.17) is 10.8 Å². The highest BCUT2D eigenvalue weighted by Crippen LogP contribution is 2.23. The molecule has 0 aromatic heterocycles. The molecule has 0 aliphatic heterocycles. The first kappa shape index (κ1) is 16.3. The number of hydrogen-bond acceptors (Lipinski definition) is 5. The molecule has 1 aromatic rings. The van der Waals surface area contributed by atoms with Gasteiger partial charge >= 0.3 is 5.97 Å². The van der Waals surface area contributed by atoms with Crippen molar-refractivity contribution in [2.45, 2.75) is 24.2 Å². The van der Waals surface area contributed by atoms with Gasteiger partial charge in [-0.25, -0.2) is 0 Å². The molecule has 8 heteroatoms. The first-order valence-electron chi connectivity index (χ1n) is 5.71. The molecule has 20 heavy (non-hydrogen) atoms. The zero-order valence-corrected chi connectivity index (χ0v) is 12.0. The minimum Gasteiger partial charge on any atom is -0.481 e. The van der Waals surface area contributed by atoms with Gasteiger partial charge in [0.05, 0.1) is 11.0 Å². The molecule has 0 heterocycles. The van der Waals surface area contributed by atoms with Gasteiger partial charge in [0.25, 0.3) is 5.69 Å². The normalized spacial score (nSPS) is 11.9. The summed E-state index contributed by atoms with van der Waals surface area (Å²) in [6.45, 7) is 0. The van der Waals surface area contributed by atoms with Crippen molar-refractivity contribution < 1.29 is 19.6 Å². The van der Waals surface area contributed by atoms with Gasteiger partial charge < -0.3 is 10.8 Å². The van der Waals surface area contributed by atoms with Crippen LogP contribution in [0.25, 0.3) is 0 Å². The van der Waals surface area contributed by atoms with Crippen molar-refractivity contribution in [3.8, 4) is 0 Å². The molecule has 0 aliphatic rings. The molecule has 1 unspecified atom stereocenters. The molecule has 0 spiro atoms.